The van der Waals surface area contributed by atoms with Gasteiger partial charge < -0.3 is 5.11 Å². The molecule has 0 saturated heterocycles. The van der Waals surface area contributed by atoms with E-state index in [1.807, 2.05) is 18.2 Å². The molecule has 0 spiro atoms. The van der Waals surface area contributed by atoms with Crippen molar-refractivity contribution in [2.45, 2.75) is 6.42 Å². The highest BCUT2D eigenvalue weighted by Gasteiger charge is 2.12. The lowest BCUT2D eigenvalue weighted by molar-refractivity contribution is 0.0697. The van der Waals surface area contributed by atoms with Crippen molar-refractivity contribution in [3.63, 3.8) is 0 Å². The van der Waals surface area contributed by atoms with Gasteiger partial charge in [0.1, 0.15) is 0 Å². The van der Waals surface area contributed by atoms with Crippen LogP contribution in [0.2, 0.25) is 0 Å². The largest absolute Gasteiger partial charge is 0.478 e. The van der Waals surface area contributed by atoms with Gasteiger partial charge in [-0.25, -0.2) is 4.79 Å². The molecule has 1 N–H and O–H groups in total. The Kier molecular flexibility index (Phi) is 2.19. The van der Waals surface area contributed by atoms with Gasteiger partial charge in [0.2, 0.25) is 0 Å². The Morgan fingerprint density at radius 1 is 1.00 bits per heavy atom. The summed E-state index contributed by atoms with van der Waals surface area (Å²) in [6.07, 6.45) is 0.980. The molecule has 0 atom stereocenters. The van der Waals surface area contributed by atoms with Crippen LogP contribution in [0, 0.1) is 0 Å². The standard InChI is InChI=1S/C12H10O2/c13-12(14)9-4-2-1-3-5-10-8-11(10)7-6-9/h1-7H,8H2,(H,13,14). The molecule has 70 valence electrons. The number of fused-ring (bicyclic) bond motifs is 1. The lowest BCUT2D eigenvalue weighted by Gasteiger charge is -1.86. The molecule has 0 aromatic heterocycles. The summed E-state index contributed by atoms with van der Waals surface area (Å²) in [6.45, 7) is 0. The van der Waals surface area contributed by atoms with Crippen LogP contribution in [0.15, 0.2) is 42.5 Å². The van der Waals surface area contributed by atoms with Crippen LogP contribution in [0.4, 0.5) is 0 Å². The van der Waals surface area contributed by atoms with Gasteiger partial charge in [-0.2, -0.15) is 0 Å². The highest BCUT2D eigenvalue weighted by molar-refractivity contribution is 5.87. The summed E-state index contributed by atoms with van der Waals surface area (Å²) in [5.74, 6) is -0.891. The molecule has 0 unspecified atom stereocenters. The molecule has 1 aromatic carbocycles. The number of carboxylic acid groups (broad SMARTS) is 1. The van der Waals surface area contributed by atoms with Gasteiger partial charge in [-0.3, -0.25) is 0 Å². The maximum absolute atomic E-state index is 10.8. The first-order valence-electron chi connectivity index (χ1n) is 4.46. The Bertz CT molecular complexity index is 434. The monoisotopic (exact) mass is 186 g/mol. The van der Waals surface area contributed by atoms with E-state index in [9.17, 15) is 4.79 Å². The van der Waals surface area contributed by atoms with Crippen LogP contribution in [0.1, 0.15) is 21.5 Å². The third-order valence-corrected chi connectivity index (χ3v) is 2.17. The van der Waals surface area contributed by atoms with Crippen LogP contribution in [-0.2, 0) is 6.42 Å². The van der Waals surface area contributed by atoms with Crippen molar-refractivity contribution in [2.24, 2.45) is 0 Å². The van der Waals surface area contributed by atoms with Gasteiger partial charge in [0, 0.05) is 0 Å². The molecule has 14 heavy (non-hydrogen) atoms. The summed E-state index contributed by atoms with van der Waals surface area (Å²) in [7, 11) is 0. The molecule has 1 aliphatic rings. The highest BCUT2D eigenvalue weighted by Crippen LogP contribution is 2.24. The molecule has 1 aliphatic carbocycles. The zero-order chi connectivity index (χ0) is 9.97. The first kappa shape index (κ1) is 8.75. The fourth-order valence-electron chi connectivity index (χ4n) is 1.28. The maximum atomic E-state index is 10.8. The Labute approximate surface area is 82.2 Å². The molecule has 2 nitrogen and oxygen atoms in total. The molecular weight excluding hydrogens is 176 g/mol. The molecule has 1 aromatic rings. The van der Waals surface area contributed by atoms with E-state index < -0.39 is 5.97 Å². The van der Waals surface area contributed by atoms with Crippen molar-refractivity contribution in [2.75, 3.05) is 0 Å². The van der Waals surface area contributed by atoms with Crippen LogP contribution in [0.25, 0.3) is 0 Å². The van der Waals surface area contributed by atoms with E-state index in [1.165, 1.54) is 11.1 Å². The summed E-state index contributed by atoms with van der Waals surface area (Å²) >= 11 is 0. The molecule has 0 amide bonds. The Hall–Kier alpha value is -1.83. The van der Waals surface area contributed by atoms with Crippen molar-refractivity contribution in [1.82, 2.24) is 0 Å². The third-order valence-electron chi connectivity index (χ3n) is 2.17. The fraction of sp³-hybridized carbons (Fsp3) is 0.0833. The molecule has 0 heterocycles. The van der Waals surface area contributed by atoms with Crippen LogP contribution >= 0.6 is 0 Å². The van der Waals surface area contributed by atoms with E-state index in [0.717, 1.165) is 6.42 Å². The summed E-state index contributed by atoms with van der Waals surface area (Å²) in [4.78, 5) is 10.8. The van der Waals surface area contributed by atoms with Gasteiger partial charge >= 0.3 is 5.97 Å². The topological polar surface area (TPSA) is 37.3 Å². The summed E-state index contributed by atoms with van der Waals surface area (Å²) < 4.78 is 0. The molecule has 0 saturated carbocycles. The van der Waals surface area contributed by atoms with Crippen LogP contribution in [0.3, 0.4) is 0 Å². The average molecular weight is 186 g/mol. The second-order valence-corrected chi connectivity index (χ2v) is 3.23. The normalized spacial score (nSPS) is 11.1. The zero-order valence-corrected chi connectivity index (χ0v) is 7.60. The molecule has 0 bridgehead atoms. The van der Waals surface area contributed by atoms with Gasteiger partial charge in [0.05, 0.1) is 5.56 Å². The second kappa shape index (κ2) is 3.50. The number of carboxylic acids is 1. The van der Waals surface area contributed by atoms with E-state index >= 15 is 0 Å². The van der Waals surface area contributed by atoms with E-state index in [4.69, 9.17) is 5.11 Å². The molecule has 0 radical (unpaired) electrons. The Morgan fingerprint density at radius 2 is 1.71 bits per heavy atom. The van der Waals surface area contributed by atoms with E-state index in [2.05, 4.69) is 6.07 Å². The van der Waals surface area contributed by atoms with Crippen molar-refractivity contribution >= 4 is 5.97 Å². The Morgan fingerprint density at radius 3 is 2.50 bits per heavy atom. The van der Waals surface area contributed by atoms with Gasteiger partial charge in [0.25, 0.3) is 0 Å². The number of hydrogen-bond acceptors (Lipinski definition) is 1. The highest BCUT2D eigenvalue weighted by atomic mass is 16.4. The molecule has 0 fully saturated rings. The van der Waals surface area contributed by atoms with Crippen LogP contribution in [-0.4, -0.2) is 11.1 Å². The van der Waals surface area contributed by atoms with Gasteiger partial charge in [0.15, 0.2) is 0 Å². The first-order valence-corrected chi connectivity index (χ1v) is 4.46. The summed E-state index contributed by atoms with van der Waals surface area (Å²) in [5, 5.41) is 8.83. The number of carbonyl (C=O) groups is 1. The van der Waals surface area contributed by atoms with Crippen molar-refractivity contribution in [3.05, 3.63) is 59.2 Å². The van der Waals surface area contributed by atoms with Crippen molar-refractivity contribution < 1.29 is 9.90 Å². The lowest BCUT2D eigenvalue weighted by atomic mass is 10.2. The average Bonchev–Trinajstić information content (AvgIpc) is 2.89. The zero-order valence-electron chi connectivity index (χ0n) is 7.60. The predicted octanol–water partition coefficient (Wildman–Crippen LogP) is 2.41. The number of hydrogen-bond donors (Lipinski definition) is 1. The SMILES string of the molecule is O=C(O)c1cccccc2c(cc1)C2. The Balaban J connectivity index is 2.53. The second-order valence-electron chi connectivity index (χ2n) is 3.23. The summed E-state index contributed by atoms with van der Waals surface area (Å²) in [5.41, 5.74) is 2.83. The smallest absolute Gasteiger partial charge is 0.335 e. The van der Waals surface area contributed by atoms with E-state index in [0.29, 0.717) is 5.56 Å². The molecular formula is C12H10O2. The van der Waals surface area contributed by atoms with Gasteiger partial charge in [-0.15, -0.1) is 0 Å². The quantitative estimate of drug-likeness (QED) is 0.742. The fourth-order valence-corrected chi connectivity index (χ4v) is 1.28. The van der Waals surface area contributed by atoms with Gasteiger partial charge in [-0.05, 0) is 29.7 Å². The number of rotatable bonds is 1. The van der Waals surface area contributed by atoms with E-state index in [1.54, 1.807) is 18.2 Å². The molecule has 2 heteroatoms. The van der Waals surface area contributed by atoms with Crippen molar-refractivity contribution in [1.29, 1.82) is 0 Å². The minimum absolute atomic E-state index is 0.315. The van der Waals surface area contributed by atoms with E-state index in [-0.39, 0.29) is 0 Å². The summed E-state index contributed by atoms with van der Waals surface area (Å²) in [6, 6.07) is 12.7. The van der Waals surface area contributed by atoms with Crippen LogP contribution in [0.5, 0.6) is 0 Å². The molecule has 0 aliphatic heterocycles. The third kappa shape index (κ3) is 1.91. The van der Waals surface area contributed by atoms with Crippen molar-refractivity contribution in [3.8, 4) is 0 Å². The maximum Gasteiger partial charge on any atom is 0.335 e. The first-order chi connectivity index (χ1) is 6.77. The molecule has 2 rings (SSSR count). The van der Waals surface area contributed by atoms with Crippen LogP contribution < -0.4 is 0 Å². The van der Waals surface area contributed by atoms with Gasteiger partial charge in [-0.1, -0.05) is 30.3 Å². The predicted molar refractivity (Wildman–Crippen MR) is 53.8 cm³/mol. The minimum Gasteiger partial charge on any atom is -0.478 e. The minimum atomic E-state index is -0.891. The lowest BCUT2D eigenvalue weighted by Crippen LogP contribution is -1.92. The number of aromatic carboxylic acids is 1.